The lowest BCUT2D eigenvalue weighted by Crippen LogP contribution is -2.44. The van der Waals surface area contributed by atoms with Crippen molar-refractivity contribution in [3.05, 3.63) is 106 Å². The summed E-state index contributed by atoms with van der Waals surface area (Å²) in [5, 5.41) is 0.510. The number of benzene rings is 3. The monoisotopic (exact) mass is 467 g/mol. The lowest BCUT2D eigenvalue weighted by Gasteiger charge is -2.35. The Bertz CT molecular complexity index is 1480. The number of carbonyl (C=O) groups is 2. The van der Waals surface area contributed by atoms with Gasteiger partial charge < -0.3 is 14.6 Å². The number of hydrogen-bond donors (Lipinski definition) is 1. The number of nitrogens with zero attached hydrogens (tertiary/aromatic N) is 2. The SMILES string of the molecule is CC1CCc2ccccc2N1C(=O)COC(=O)c1ccccc1Cc1nc2ccccc2c(=O)[nH]1. The van der Waals surface area contributed by atoms with Crippen LogP contribution in [-0.2, 0) is 22.4 Å². The zero-order valence-corrected chi connectivity index (χ0v) is 19.4. The summed E-state index contributed by atoms with van der Waals surface area (Å²) in [6.45, 7) is 1.65. The molecule has 0 fully saturated rings. The number of para-hydroxylation sites is 2. The van der Waals surface area contributed by atoms with Crippen LogP contribution in [0, 0.1) is 0 Å². The first-order chi connectivity index (χ1) is 17.0. The molecule has 2 heterocycles. The minimum absolute atomic E-state index is 0.0270. The van der Waals surface area contributed by atoms with E-state index >= 15 is 0 Å². The van der Waals surface area contributed by atoms with Crippen LogP contribution in [0.15, 0.2) is 77.6 Å². The zero-order chi connectivity index (χ0) is 24.4. The van der Waals surface area contributed by atoms with Crippen molar-refractivity contribution in [2.45, 2.75) is 32.2 Å². The Labute approximate surface area is 202 Å². The molecule has 176 valence electrons. The minimum Gasteiger partial charge on any atom is -0.452 e. The molecule has 0 radical (unpaired) electrons. The molecular formula is C28H25N3O4. The Morgan fingerprint density at radius 3 is 2.66 bits per heavy atom. The van der Waals surface area contributed by atoms with Gasteiger partial charge in [0.25, 0.3) is 11.5 Å². The van der Waals surface area contributed by atoms with E-state index in [9.17, 15) is 14.4 Å². The van der Waals surface area contributed by atoms with Crippen molar-refractivity contribution in [3.8, 4) is 0 Å². The van der Waals surface area contributed by atoms with Crippen LogP contribution in [0.2, 0.25) is 0 Å². The number of rotatable bonds is 5. The minimum atomic E-state index is -0.588. The van der Waals surface area contributed by atoms with E-state index in [1.54, 1.807) is 41.3 Å². The average molecular weight is 468 g/mol. The van der Waals surface area contributed by atoms with E-state index in [-0.39, 0.29) is 30.5 Å². The number of esters is 1. The largest absolute Gasteiger partial charge is 0.452 e. The maximum atomic E-state index is 13.0. The molecule has 1 N–H and O–H groups in total. The van der Waals surface area contributed by atoms with Crippen LogP contribution in [0.1, 0.15) is 40.7 Å². The number of anilines is 1. The molecule has 35 heavy (non-hydrogen) atoms. The number of amides is 1. The van der Waals surface area contributed by atoms with E-state index in [2.05, 4.69) is 9.97 Å². The molecule has 7 nitrogen and oxygen atoms in total. The smallest absolute Gasteiger partial charge is 0.338 e. The van der Waals surface area contributed by atoms with Gasteiger partial charge in [0.2, 0.25) is 0 Å². The van der Waals surface area contributed by atoms with Crippen LogP contribution in [0.3, 0.4) is 0 Å². The second kappa shape index (κ2) is 9.54. The van der Waals surface area contributed by atoms with Crippen molar-refractivity contribution in [1.82, 2.24) is 9.97 Å². The Balaban J connectivity index is 1.33. The number of ether oxygens (including phenoxy) is 1. The fourth-order valence-corrected chi connectivity index (χ4v) is 4.62. The van der Waals surface area contributed by atoms with E-state index < -0.39 is 5.97 Å². The molecule has 1 amide bonds. The lowest BCUT2D eigenvalue weighted by molar-refractivity contribution is -0.122. The molecule has 5 rings (SSSR count). The number of aromatic nitrogens is 2. The molecule has 0 aliphatic carbocycles. The van der Waals surface area contributed by atoms with E-state index in [0.717, 1.165) is 24.1 Å². The normalized spacial score (nSPS) is 15.0. The molecule has 0 bridgehead atoms. The zero-order valence-electron chi connectivity index (χ0n) is 19.4. The van der Waals surface area contributed by atoms with Gasteiger partial charge in [-0.1, -0.05) is 48.5 Å². The maximum Gasteiger partial charge on any atom is 0.338 e. The second-order valence-electron chi connectivity index (χ2n) is 8.72. The third kappa shape index (κ3) is 4.57. The van der Waals surface area contributed by atoms with Gasteiger partial charge in [-0.3, -0.25) is 9.59 Å². The summed E-state index contributed by atoms with van der Waals surface area (Å²) in [7, 11) is 0. The molecule has 0 saturated heterocycles. The van der Waals surface area contributed by atoms with Gasteiger partial charge in [-0.15, -0.1) is 0 Å². The van der Waals surface area contributed by atoms with Crippen molar-refractivity contribution in [2.24, 2.45) is 0 Å². The van der Waals surface area contributed by atoms with E-state index in [4.69, 9.17) is 4.74 Å². The number of H-pyrrole nitrogens is 1. The standard InChI is InChI=1S/C28H25N3O4/c1-18-14-15-19-8-3-7-13-24(19)31(18)26(32)17-35-28(34)21-10-4-2-9-20(21)16-25-29-23-12-6-5-11-22(23)27(33)30-25/h2-13,18H,14-17H2,1H3,(H,29,30,33). The first-order valence-electron chi connectivity index (χ1n) is 11.6. The van der Waals surface area contributed by atoms with Crippen LogP contribution in [-0.4, -0.2) is 34.5 Å². The molecule has 0 spiro atoms. The van der Waals surface area contributed by atoms with Crippen LogP contribution in [0.25, 0.3) is 10.9 Å². The molecule has 3 aromatic carbocycles. The topological polar surface area (TPSA) is 92.4 Å². The first kappa shape index (κ1) is 22.5. The summed E-state index contributed by atoms with van der Waals surface area (Å²) >= 11 is 0. The number of hydrogen-bond acceptors (Lipinski definition) is 5. The predicted molar refractivity (Wildman–Crippen MR) is 134 cm³/mol. The third-order valence-corrected chi connectivity index (χ3v) is 6.38. The van der Waals surface area contributed by atoms with Crippen LogP contribution >= 0.6 is 0 Å². The second-order valence-corrected chi connectivity index (χ2v) is 8.72. The maximum absolute atomic E-state index is 13.0. The number of fused-ring (bicyclic) bond motifs is 2. The fourth-order valence-electron chi connectivity index (χ4n) is 4.62. The molecule has 1 atom stereocenters. The number of carbonyl (C=O) groups excluding carboxylic acids is 2. The first-order valence-corrected chi connectivity index (χ1v) is 11.6. The molecule has 1 aliphatic rings. The number of nitrogens with one attached hydrogen (secondary N) is 1. The van der Waals surface area contributed by atoms with Crippen molar-refractivity contribution in [1.29, 1.82) is 0 Å². The molecule has 7 heteroatoms. The highest BCUT2D eigenvalue weighted by Crippen LogP contribution is 2.30. The molecule has 0 saturated carbocycles. The molecular weight excluding hydrogens is 442 g/mol. The van der Waals surface area contributed by atoms with Crippen LogP contribution in [0.5, 0.6) is 0 Å². The molecule has 1 aliphatic heterocycles. The average Bonchev–Trinajstić information content (AvgIpc) is 2.87. The van der Waals surface area contributed by atoms with E-state index in [1.807, 2.05) is 43.3 Å². The summed E-state index contributed by atoms with van der Waals surface area (Å²) in [5.41, 5.74) is 3.34. The predicted octanol–water partition coefficient (Wildman–Crippen LogP) is 4.04. The van der Waals surface area contributed by atoms with Gasteiger partial charge >= 0.3 is 5.97 Å². The van der Waals surface area contributed by atoms with Crippen LogP contribution in [0.4, 0.5) is 5.69 Å². The Hall–Kier alpha value is -4.26. The summed E-state index contributed by atoms with van der Waals surface area (Å²) in [6, 6.07) is 21.9. The van der Waals surface area contributed by atoms with Crippen molar-refractivity contribution in [3.63, 3.8) is 0 Å². The van der Waals surface area contributed by atoms with Gasteiger partial charge in [-0.2, -0.15) is 0 Å². The van der Waals surface area contributed by atoms with Gasteiger partial charge in [0, 0.05) is 18.2 Å². The Kier molecular flexibility index (Phi) is 6.14. The van der Waals surface area contributed by atoms with Gasteiger partial charge in [-0.25, -0.2) is 9.78 Å². The van der Waals surface area contributed by atoms with Gasteiger partial charge in [0.1, 0.15) is 5.82 Å². The quantitative estimate of drug-likeness (QED) is 0.447. The third-order valence-electron chi connectivity index (χ3n) is 6.38. The van der Waals surface area contributed by atoms with Crippen molar-refractivity contribution < 1.29 is 14.3 Å². The highest BCUT2D eigenvalue weighted by molar-refractivity contribution is 5.98. The summed E-state index contributed by atoms with van der Waals surface area (Å²) in [5.74, 6) is -0.394. The summed E-state index contributed by atoms with van der Waals surface area (Å²) < 4.78 is 5.46. The van der Waals surface area contributed by atoms with Crippen molar-refractivity contribution >= 4 is 28.5 Å². The molecule has 1 aromatic heterocycles. The Morgan fingerprint density at radius 1 is 1.03 bits per heavy atom. The highest BCUT2D eigenvalue weighted by atomic mass is 16.5. The summed E-state index contributed by atoms with van der Waals surface area (Å²) in [4.78, 5) is 47.5. The Morgan fingerprint density at radius 2 is 1.77 bits per heavy atom. The van der Waals surface area contributed by atoms with Gasteiger partial charge in [-0.05, 0) is 55.2 Å². The summed E-state index contributed by atoms with van der Waals surface area (Å²) in [6.07, 6.45) is 2.02. The molecule has 1 unspecified atom stereocenters. The van der Waals surface area contributed by atoms with Gasteiger partial charge in [0.15, 0.2) is 6.61 Å². The number of aromatic amines is 1. The van der Waals surface area contributed by atoms with E-state index in [0.29, 0.717) is 27.9 Å². The van der Waals surface area contributed by atoms with Crippen LogP contribution < -0.4 is 10.5 Å². The lowest BCUT2D eigenvalue weighted by atomic mass is 9.96. The van der Waals surface area contributed by atoms with Crippen molar-refractivity contribution in [2.75, 3.05) is 11.5 Å². The number of aryl methyl sites for hydroxylation is 1. The van der Waals surface area contributed by atoms with E-state index in [1.165, 1.54) is 0 Å². The fraction of sp³-hybridized carbons (Fsp3) is 0.214. The highest BCUT2D eigenvalue weighted by Gasteiger charge is 2.28. The molecule has 4 aromatic rings. The van der Waals surface area contributed by atoms with Gasteiger partial charge in [0.05, 0.1) is 16.5 Å².